The van der Waals surface area contributed by atoms with E-state index >= 15 is 0 Å². The summed E-state index contributed by atoms with van der Waals surface area (Å²) >= 11 is 0. The average molecular weight is 487 g/mol. The molecule has 2 aromatic heterocycles. The minimum Gasteiger partial charge on any atom is -0.338 e. The highest BCUT2D eigenvalue weighted by Crippen LogP contribution is 2.22. The van der Waals surface area contributed by atoms with Gasteiger partial charge in [-0.1, -0.05) is 18.2 Å². The van der Waals surface area contributed by atoms with Crippen molar-refractivity contribution in [1.82, 2.24) is 15.0 Å². The van der Waals surface area contributed by atoms with Gasteiger partial charge in [0.25, 0.3) is 0 Å². The number of primary sulfonamides is 1. The number of rotatable bonds is 7. The summed E-state index contributed by atoms with van der Waals surface area (Å²) in [5.74, 6) is -0.559. The van der Waals surface area contributed by atoms with Crippen LogP contribution in [0.15, 0.2) is 84.1 Å². The molecule has 8 nitrogen and oxygen atoms in total. The van der Waals surface area contributed by atoms with Crippen molar-refractivity contribution in [2.45, 2.75) is 11.3 Å². The van der Waals surface area contributed by atoms with Crippen LogP contribution in [0.25, 0.3) is 0 Å². The van der Waals surface area contributed by atoms with Gasteiger partial charge in [0.1, 0.15) is 0 Å². The topological polar surface area (TPSA) is 123 Å². The number of hydrogen-bond donors (Lipinski definition) is 3. The Kier molecular flexibility index (Phi) is 7.54. The molecular formula is C22H20ClFN6O2S. The van der Waals surface area contributed by atoms with Gasteiger partial charge in [-0.15, -0.1) is 12.4 Å². The summed E-state index contributed by atoms with van der Waals surface area (Å²) in [5.41, 5.74) is 3.30. The third-order valence-electron chi connectivity index (χ3n) is 4.54. The number of nitrogens with two attached hydrogens (primary N) is 1. The van der Waals surface area contributed by atoms with E-state index in [9.17, 15) is 12.8 Å². The lowest BCUT2D eigenvalue weighted by Gasteiger charge is -2.11. The fourth-order valence-electron chi connectivity index (χ4n) is 2.97. The maximum atomic E-state index is 14.3. The average Bonchev–Trinajstić information content (AvgIpc) is 2.78. The first-order chi connectivity index (χ1) is 15.4. The lowest BCUT2D eigenvalue weighted by Crippen LogP contribution is -2.12. The van der Waals surface area contributed by atoms with Crippen molar-refractivity contribution in [1.29, 1.82) is 0 Å². The largest absolute Gasteiger partial charge is 0.338 e. The van der Waals surface area contributed by atoms with E-state index in [1.807, 2.05) is 36.4 Å². The molecule has 4 N–H and O–H groups in total. The van der Waals surface area contributed by atoms with Gasteiger partial charge in [0.15, 0.2) is 11.6 Å². The molecule has 2 aromatic carbocycles. The Hall–Kier alpha value is -3.60. The van der Waals surface area contributed by atoms with Gasteiger partial charge < -0.3 is 10.6 Å². The number of anilines is 4. The lowest BCUT2D eigenvalue weighted by molar-refractivity contribution is 0.598. The second-order valence-corrected chi connectivity index (χ2v) is 8.50. The molecule has 0 saturated carbocycles. The summed E-state index contributed by atoms with van der Waals surface area (Å²) < 4.78 is 37.3. The fraction of sp³-hybridized carbons (Fsp3) is 0.0455. The molecule has 4 aromatic rings. The highest BCUT2D eigenvalue weighted by molar-refractivity contribution is 7.89. The third kappa shape index (κ3) is 6.45. The van der Waals surface area contributed by atoms with Crippen LogP contribution in [0.2, 0.25) is 0 Å². The lowest BCUT2D eigenvalue weighted by atomic mass is 10.1. The van der Waals surface area contributed by atoms with E-state index in [4.69, 9.17) is 5.14 Å². The van der Waals surface area contributed by atoms with Crippen molar-refractivity contribution >= 4 is 45.6 Å². The van der Waals surface area contributed by atoms with Crippen LogP contribution in [0.3, 0.4) is 0 Å². The summed E-state index contributed by atoms with van der Waals surface area (Å²) in [7, 11) is -3.85. The van der Waals surface area contributed by atoms with Crippen LogP contribution in [0, 0.1) is 5.82 Å². The number of halogens is 2. The van der Waals surface area contributed by atoms with Gasteiger partial charge in [0.05, 0.1) is 11.1 Å². The molecule has 0 aliphatic carbocycles. The second kappa shape index (κ2) is 10.3. The van der Waals surface area contributed by atoms with Gasteiger partial charge in [-0.3, -0.25) is 4.98 Å². The number of benzene rings is 2. The molecule has 0 bridgehead atoms. The smallest absolute Gasteiger partial charge is 0.238 e. The molecular weight excluding hydrogens is 467 g/mol. The van der Waals surface area contributed by atoms with Crippen molar-refractivity contribution in [3.05, 3.63) is 96.2 Å². The van der Waals surface area contributed by atoms with E-state index in [1.54, 1.807) is 18.5 Å². The summed E-state index contributed by atoms with van der Waals surface area (Å²) in [6.07, 6.45) is 5.29. The number of pyridine rings is 1. The summed E-state index contributed by atoms with van der Waals surface area (Å²) in [4.78, 5) is 12.0. The number of nitrogens with zero attached hydrogens (tertiary/aromatic N) is 3. The Labute approximate surface area is 196 Å². The first kappa shape index (κ1) is 24.1. The third-order valence-corrected chi connectivity index (χ3v) is 5.45. The summed E-state index contributed by atoms with van der Waals surface area (Å²) in [6.45, 7) is 0. The molecule has 0 aliphatic heterocycles. The van der Waals surface area contributed by atoms with Gasteiger partial charge >= 0.3 is 0 Å². The molecule has 0 aliphatic rings. The number of sulfonamides is 1. The van der Waals surface area contributed by atoms with Gasteiger partial charge in [-0.2, -0.15) is 4.98 Å². The first-order valence-electron chi connectivity index (χ1n) is 9.54. The van der Waals surface area contributed by atoms with E-state index in [2.05, 4.69) is 25.6 Å². The Balaban J connectivity index is 0.00000306. The van der Waals surface area contributed by atoms with Gasteiger partial charge in [0.2, 0.25) is 16.0 Å². The van der Waals surface area contributed by atoms with Crippen LogP contribution in [-0.4, -0.2) is 23.4 Å². The summed E-state index contributed by atoms with van der Waals surface area (Å²) in [5, 5.41) is 10.9. The van der Waals surface area contributed by atoms with Crippen molar-refractivity contribution in [3.63, 3.8) is 0 Å². The zero-order valence-electron chi connectivity index (χ0n) is 17.1. The van der Waals surface area contributed by atoms with Crippen LogP contribution >= 0.6 is 12.4 Å². The van der Waals surface area contributed by atoms with Crippen LogP contribution in [0.4, 0.5) is 27.5 Å². The van der Waals surface area contributed by atoms with E-state index in [0.29, 0.717) is 11.4 Å². The monoisotopic (exact) mass is 486 g/mol. The molecule has 0 spiro atoms. The fourth-order valence-corrected chi connectivity index (χ4v) is 3.53. The normalized spacial score (nSPS) is 10.8. The molecule has 0 fully saturated rings. The Morgan fingerprint density at radius 1 is 0.909 bits per heavy atom. The molecule has 4 rings (SSSR count). The molecule has 33 heavy (non-hydrogen) atoms. The maximum Gasteiger partial charge on any atom is 0.238 e. The predicted octanol–water partition coefficient (Wildman–Crippen LogP) is 4.16. The molecule has 0 saturated heterocycles. The minimum atomic E-state index is -3.85. The molecule has 170 valence electrons. The van der Waals surface area contributed by atoms with Gasteiger partial charge in [-0.25, -0.2) is 22.9 Å². The molecule has 0 radical (unpaired) electrons. The summed E-state index contributed by atoms with van der Waals surface area (Å²) in [6, 6.07) is 17.3. The molecule has 0 atom stereocenters. The molecule has 11 heteroatoms. The molecule has 2 heterocycles. The van der Waals surface area contributed by atoms with Crippen LogP contribution < -0.4 is 15.8 Å². The van der Waals surface area contributed by atoms with Crippen molar-refractivity contribution < 1.29 is 12.8 Å². The highest BCUT2D eigenvalue weighted by atomic mass is 35.5. The maximum absolute atomic E-state index is 14.3. The number of hydrogen-bond acceptors (Lipinski definition) is 7. The van der Waals surface area contributed by atoms with E-state index in [0.717, 1.165) is 23.7 Å². The van der Waals surface area contributed by atoms with Crippen molar-refractivity contribution in [2.24, 2.45) is 5.14 Å². The SMILES string of the molecule is Cl.NS(=O)(=O)c1cccc(Nc2ncc(F)c(Nc3ccc(Cc4ccncc4)cc3)n2)c1. The zero-order chi connectivity index (χ0) is 22.6. The van der Waals surface area contributed by atoms with E-state index < -0.39 is 15.8 Å². The highest BCUT2D eigenvalue weighted by Gasteiger charge is 2.11. The standard InChI is InChI=1S/C22H19FN6O2S.ClH/c23-20-14-26-22(28-18-2-1-3-19(13-18)32(24,30)31)29-21(20)27-17-6-4-15(5-7-17)12-16-8-10-25-11-9-16;/h1-11,13-14H,12H2,(H2,24,30,31)(H2,26,27,28,29);1H. The van der Waals surface area contributed by atoms with Crippen LogP contribution in [0.5, 0.6) is 0 Å². The zero-order valence-corrected chi connectivity index (χ0v) is 18.8. The number of nitrogens with one attached hydrogen (secondary N) is 2. The van der Waals surface area contributed by atoms with Gasteiger partial charge in [-0.05, 0) is 60.0 Å². The second-order valence-electron chi connectivity index (χ2n) is 6.94. The Bertz CT molecular complexity index is 1340. The molecule has 0 amide bonds. The van der Waals surface area contributed by atoms with Crippen molar-refractivity contribution in [3.8, 4) is 0 Å². The first-order valence-corrected chi connectivity index (χ1v) is 11.1. The quantitative estimate of drug-likeness (QED) is 0.358. The Morgan fingerprint density at radius 3 is 2.30 bits per heavy atom. The molecule has 0 unspecified atom stereocenters. The van der Waals surface area contributed by atoms with E-state index in [-0.39, 0.29) is 29.1 Å². The number of aromatic nitrogens is 3. The minimum absolute atomic E-state index is 0. The predicted molar refractivity (Wildman–Crippen MR) is 127 cm³/mol. The Morgan fingerprint density at radius 2 is 1.61 bits per heavy atom. The van der Waals surface area contributed by atoms with Crippen LogP contribution in [-0.2, 0) is 16.4 Å². The van der Waals surface area contributed by atoms with E-state index in [1.165, 1.54) is 18.2 Å². The van der Waals surface area contributed by atoms with Gasteiger partial charge in [0, 0.05) is 23.8 Å². The van der Waals surface area contributed by atoms with Crippen molar-refractivity contribution in [2.75, 3.05) is 10.6 Å². The van der Waals surface area contributed by atoms with Crippen LogP contribution in [0.1, 0.15) is 11.1 Å².